The Morgan fingerprint density at radius 2 is 1.76 bits per heavy atom. The molecule has 2 aromatic heterocycles. The number of nitrogens with zero attached hydrogens (tertiary/aromatic N) is 4. The Balaban J connectivity index is 1.60. The molecule has 0 saturated carbocycles. The van der Waals surface area contributed by atoms with Crippen molar-refractivity contribution in [3.05, 3.63) is 82.7 Å². The Bertz CT molecular complexity index is 1180. The number of imidazole rings is 2. The largest absolute Gasteiger partial charge is 0.384 e. The highest BCUT2D eigenvalue weighted by Crippen LogP contribution is 2.20. The van der Waals surface area contributed by atoms with Gasteiger partial charge in [0.15, 0.2) is 0 Å². The molecule has 0 atom stereocenters. The van der Waals surface area contributed by atoms with E-state index >= 15 is 0 Å². The summed E-state index contributed by atoms with van der Waals surface area (Å²) < 4.78 is 4.37. The minimum atomic E-state index is 0.0890. The van der Waals surface area contributed by atoms with Crippen LogP contribution in [0.1, 0.15) is 41.0 Å². The standard InChI is InChI=1S/C23H26N6/c1-4-21-26-15(2)13-29(21)14-17-7-10-20-19(11-17)27-22(28(20)3)12-16-5-8-18(9-6-16)23(24)25/h5-11,13H,4,12,14H2,1-3H3,(H3,24,25). The van der Waals surface area contributed by atoms with Gasteiger partial charge in [0.2, 0.25) is 0 Å². The first-order chi connectivity index (χ1) is 13.9. The first-order valence-electron chi connectivity index (χ1n) is 9.84. The number of nitrogen functional groups attached to an aromatic ring is 1. The second-order valence-electron chi connectivity index (χ2n) is 7.48. The van der Waals surface area contributed by atoms with Crippen molar-refractivity contribution in [2.45, 2.75) is 33.2 Å². The molecule has 0 saturated heterocycles. The van der Waals surface area contributed by atoms with Gasteiger partial charge in [0, 0.05) is 38.2 Å². The average Bonchev–Trinajstić information content (AvgIpc) is 3.21. The number of amidine groups is 1. The lowest BCUT2D eigenvalue weighted by molar-refractivity contribution is 0.732. The van der Waals surface area contributed by atoms with Gasteiger partial charge in [-0.15, -0.1) is 0 Å². The predicted molar refractivity (Wildman–Crippen MR) is 116 cm³/mol. The molecule has 0 fully saturated rings. The van der Waals surface area contributed by atoms with E-state index in [0.29, 0.717) is 0 Å². The van der Waals surface area contributed by atoms with Crippen LogP contribution in [0, 0.1) is 12.3 Å². The lowest BCUT2D eigenvalue weighted by Gasteiger charge is -2.07. The first kappa shape index (κ1) is 18.9. The van der Waals surface area contributed by atoms with Crippen LogP contribution in [0.4, 0.5) is 0 Å². The lowest BCUT2D eigenvalue weighted by atomic mass is 10.1. The van der Waals surface area contributed by atoms with Gasteiger partial charge in [-0.3, -0.25) is 5.41 Å². The summed E-state index contributed by atoms with van der Waals surface area (Å²) in [5.41, 5.74) is 11.8. The van der Waals surface area contributed by atoms with E-state index in [2.05, 4.69) is 52.5 Å². The van der Waals surface area contributed by atoms with Crippen molar-refractivity contribution in [1.29, 1.82) is 5.41 Å². The van der Waals surface area contributed by atoms with E-state index in [4.69, 9.17) is 16.1 Å². The quantitative estimate of drug-likeness (QED) is 0.392. The first-order valence-corrected chi connectivity index (χ1v) is 9.84. The molecule has 0 aliphatic carbocycles. The van der Waals surface area contributed by atoms with Crippen LogP contribution in [-0.4, -0.2) is 24.9 Å². The molecule has 2 aromatic carbocycles. The van der Waals surface area contributed by atoms with Crippen molar-refractivity contribution < 1.29 is 0 Å². The second-order valence-corrected chi connectivity index (χ2v) is 7.48. The minimum Gasteiger partial charge on any atom is -0.384 e. The van der Waals surface area contributed by atoms with E-state index in [1.54, 1.807) is 0 Å². The fraction of sp³-hybridized carbons (Fsp3) is 0.261. The summed E-state index contributed by atoms with van der Waals surface area (Å²) in [6.07, 6.45) is 3.77. The number of nitrogens with two attached hydrogens (primary N) is 1. The number of benzene rings is 2. The maximum absolute atomic E-state index is 7.52. The number of nitrogens with one attached hydrogen (secondary N) is 1. The van der Waals surface area contributed by atoms with Crippen molar-refractivity contribution in [3.8, 4) is 0 Å². The number of rotatable bonds is 6. The Morgan fingerprint density at radius 1 is 1.03 bits per heavy atom. The third-order valence-electron chi connectivity index (χ3n) is 5.31. The Hall–Kier alpha value is -3.41. The van der Waals surface area contributed by atoms with Crippen molar-refractivity contribution >= 4 is 16.9 Å². The Labute approximate surface area is 170 Å². The van der Waals surface area contributed by atoms with Crippen LogP contribution in [-0.2, 0) is 26.4 Å². The van der Waals surface area contributed by atoms with E-state index < -0.39 is 0 Å². The van der Waals surface area contributed by atoms with Crippen molar-refractivity contribution in [2.75, 3.05) is 0 Å². The van der Waals surface area contributed by atoms with Crippen LogP contribution in [0.2, 0.25) is 0 Å². The van der Waals surface area contributed by atoms with Gasteiger partial charge in [0.05, 0.1) is 16.7 Å². The van der Waals surface area contributed by atoms with Gasteiger partial charge in [0.25, 0.3) is 0 Å². The summed E-state index contributed by atoms with van der Waals surface area (Å²) in [7, 11) is 2.06. The van der Waals surface area contributed by atoms with E-state index in [1.165, 1.54) is 5.56 Å². The molecule has 4 aromatic rings. The molecular formula is C23H26N6. The van der Waals surface area contributed by atoms with E-state index in [-0.39, 0.29) is 5.84 Å². The lowest BCUT2D eigenvalue weighted by Crippen LogP contribution is -2.10. The highest BCUT2D eigenvalue weighted by atomic mass is 15.1. The van der Waals surface area contributed by atoms with Crippen LogP contribution in [0.25, 0.3) is 11.0 Å². The van der Waals surface area contributed by atoms with Crippen LogP contribution in [0.5, 0.6) is 0 Å². The molecule has 0 bridgehead atoms. The second kappa shape index (κ2) is 7.54. The Morgan fingerprint density at radius 3 is 2.45 bits per heavy atom. The number of hydrogen-bond donors (Lipinski definition) is 2. The maximum Gasteiger partial charge on any atom is 0.122 e. The van der Waals surface area contributed by atoms with Crippen LogP contribution in [0.15, 0.2) is 48.7 Å². The number of hydrogen-bond acceptors (Lipinski definition) is 3. The van der Waals surface area contributed by atoms with Crippen molar-refractivity contribution in [3.63, 3.8) is 0 Å². The van der Waals surface area contributed by atoms with E-state index in [0.717, 1.165) is 58.9 Å². The van der Waals surface area contributed by atoms with Crippen molar-refractivity contribution in [2.24, 2.45) is 12.8 Å². The highest BCUT2D eigenvalue weighted by Gasteiger charge is 2.11. The zero-order valence-corrected chi connectivity index (χ0v) is 17.1. The molecule has 148 valence electrons. The molecule has 0 unspecified atom stereocenters. The van der Waals surface area contributed by atoms with Crippen LogP contribution in [0.3, 0.4) is 0 Å². The van der Waals surface area contributed by atoms with Gasteiger partial charge in [-0.05, 0) is 30.2 Å². The van der Waals surface area contributed by atoms with Gasteiger partial charge in [-0.25, -0.2) is 9.97 Å². The Kier molecular flexibility index (Phi) is 4.92. The van der Waals surface area contributed by atoms with Gasteiger partial charge < -0.3 is 14.9 Å². The summed E-state index contributed by atoms with van der Waals surface area (Å²) in [6.45, 7) is 4.97. The molecule has 0 aliphatic heterocycles. The third-order valence-corrected chi connectivity index (χ3v) is 5.31. The molecular weight excluding hydrogens is 360 g/mol. The van der Waals surface area contributed by atoms with Gasteiger partial charge in [-0.2, -0.15) is 0 Å². The molecule has 29 heavy (non-hydrogen) atoms. The zero-order valence-electron chi connectivity index (χ0n) is 17.1. The van der Waals surface area contributed by atoms with Crippen LogP contribution < -0.4 is 5.73 Å². The minimum absolute atomic E-state index is 0.0890. The fourth-order valence-corrected chi connectivity index (χ4v) is 3.75. The molecule has 0 amide bonds. The molecule has 6 nitrogen and oxygen atoms in total. The van der Waals surface area contributed by atoms with E-state index in [1.807, 2.05) is 31.2 Å². The summed E-state index contributed by atoms with van der Waals surface area (Å²) in [4.78, 5) is 9.48. The molecule has 0 aliphatic rings. The maximum atomic E-state index is 7.52. The number of aromatic nitrogens is 4. The monoisotopic (exact) mass is 386 g/mol. The highest BCUT2D eigenvalue weighted by molar-refractivity contribution is 5.94. The fourth-order valence-electron chi connectivity index (χ4n) is 3.75. The molecule has 6 heteroatoms. The number of fused-ring (bicyclic) bond motifs is 1. The van der Waals surface area contributed by atoms with Crippen LogP contribution >= 0.6 is 0 Å². The summed E-state index contributed by atoms with van der Waals surface area (Å²) in [5.74, 6) is 2.21. The van der Waals surface area contributed by atoms with Crippen molar-refractivity contribution in [1.82, 2.24) is 19.1 Å². The molecule has 3 N–H and O–H groups in total. The molecule has 4 rings (SSSR count). The van der Waals surface area contributed by atoms with E-state index in [9.17, 15) is 0 Å². The molecule has 0 radical (unpaired) electrons. The average molecular weight is 387 g/mol. The topological polar surface area (TPSA) is 85.5 Å². The number of aryl methyl sites for hydroxylation is 3. The third kappa shape index (κ3) is 3.78. The van der Waals surface area contributed by atoms with Gasteiger partial charge in [0.1, 0.15) is 17.5 Å². The van der Waals surface area contributed by atoms with Gasteiger partial charge >= 0.3 is 0 Å². The summed E-state index contributed by atoms with van der Waals surface area (Å²) >= 11 is 0. The smallest absolute Gasteiger partial charge is 0.122 e. The molecule has 2 heterocycles. The summed E-state index contributed by atoms with van der Waals surface area (Å²) in [5, 5.41) is 7.52. The predicted octanol–water partition coefficient (Wildman–Crippen LogP) is 3.56. The zero-order chi connectivity index (χ0) is 20.5. The summed E-state index contributed by atoms with van der Waals surface area (Å²) in [6, 6.07) is 14.3. The normalized spacial score (nSPS) is 11.3. The SMILES string of the molecule is CCc1nc(C)cn1Cc1ccc2c(c1)nc(Cc1ccc(C(=N)N)cc1)n2C. The molecule has 0 spiro atoms. The van der Waals surface area contributed by atoms with Gasteiger partial charge in [-0.1, -0.05) is 37.3 Å².